The fourth-order valence-corrected chi connectivity index (χ4v) is 3.76. The zero-order valence-corrected chi connectivity index (χ0v) is 14.5. The van der Waals surface area contributed by atoms with Gasteiger partial charge < -0.3 is 20.1 Å². The molecule has 1 aromatic rings. The minimum atomic E-state index is -0.0149. The topological polar surface area (TPSA) is 61.8 Å². The van der Waals surface area contributed by atoms with Gasteiger partial charge in [-0.3, -0.25) is 0 Å². The Balaban J connectivity index is 1.63. The third-order valence-electron chi connectivity index (χ3n) is 5.28. The molecule has 1 fully saturated rings. The third kappa shape index (κ3) is 4.01. The van der Waals surface area contributed by atoms with Crippen molar-refractivity contribution < 1.29 is 14.6 Å². The van der Waals surface area contributed by atoms with Crippen molar-refractivity contribution in [2.75, 3.05) is 13.2 Å². The van der Waals surface area contributed by atoms with Crippen LogP contribution in [-0.2, 0) is 13.2 Å². The molecule has 0 unspecified atom stereocenters. The molecule has 1 saturated carbocycles. The van der Waals surface area contributed by atoms with E-state index in [0.29, 0.717) is 25.6 Å². The van der Waals surface area contributed by atoms with Gasteiger partial charge in [-0.2, -0.15) is 0 Å². The summed E-state index contributed by atoms with van der Waals surface area (Å²) in [6.07, 6.45) is 6.31. The third-order valence-corrected chi connectivity index (χ3v) is 5.28. The highest BCUT2D eigenvalue weighted by Crippen LogP contribution is 2.27. The predicted octanol–water partition coefficient (Wildman–Crippen LogP) is 3.05. The summed E-state index contributed by atoms with van der Waals surface area (Å²) in [6, 6.07) is 5.86. The minimum Gasteiger partial charge on any atom is -0.491 e. The summed E-state index contributed by atoms with van der Waals surface area (Å²) in [5.41, 5.74) is 1.80. The molecule has 1 heterocycles. The number of hydrogen-bond acceptors (Lipinski definition) is 3. The van der Waals surface area contributed by atoms with Crippen LogP contribution in [0.2, 0.25) is 0 Å². The number of benzene rings is 1. The first-order valence-electron chi connectivity index (χ1n) is 9.08. The molecule has 0 saturated heterocycles. The Bertz CT molecular complexity index is 570. The molecule has 1 aromatic carbocycles. The SMILES string of the molecule is C[C@@H](NC(=O)N1CCOc2ccc(CO)cc2C1)C1CCCCC1. The number of nitrogens with one attached hydrogen (secondary N) is 1. The van der Waals surface area contributed by atoms with E-state index >= 15 is 0 Å². The molecule has 2 amide bonds. The van der Waals surface area contributed by atoms with Gasteiger partial charge in [0.15, 0.2) is 0 Å². The van der Waals surface area contributed by atoms with Crippen LogP contribution in [0.5, 0.6) is 5.75 Å². The average molecular weight is 332 g/mol. The second kappa shape index (κ2) is 7.88. The van der Waals surface area contributed by atoms with E-state index in [2.05, 4.69) is 12.2 Å². The fraction of sp³-hybridized carbons (Fsp3) is 0.632. The Kier molecular flexibility index (Phi) is 5.61. The van der Waals surface area contributed by atoms with Crippen LogP contribution < -0.4 is 10.1 Å². The number of aliphatic hydroxyl groups is 1. The number of hydrogen-bond donors (Lipinski definition) is 2. The van der Waals surface area contributed by atoms with Gasteiger partial charge in [0.2, 0.25) is 0 Å². The van der Waals surface area contributed by atoms with Gasteiger partial charge in [0.05, 0.1) is 19.7 Å². The van der Waals surface area contributed by atoms with Crippen molar-refractivity contribution >= 4 is 6.03 Å². The van der Waals surface area contributed by atoms with Crippen LogP contribution >= 0.6 is 0 Å². The van der Waals surface area contributed by atoms with E-state index in [-0.39, 0.29) is 18.7 Å². The van der Waals surface area contributed by atoms with Gasteiger partial charge in [0.25, 0.3) is 0 Å². The maximum Gasteiger partial charge on any atom is 0.318 e. The van der Waals surface area contributed by atoms with E-state index in [9.17, 15) is 9.90 Å². The van der Waals surface area contributed by atoms with Crippen molar-refractivity contribution in [3.05, 3.63) is 29.3 Å². The molecule has 5 nitrogen and oxygen atoms in total. The van der Waals surface area contributed by atoms with Crippen molar-refractivity contribution in [2.45, 2.75) is 58.2 Å². The molecule has 2 N–H and O–H groups in total. The van der Waals surface area contributed by atoms with Crippen molar-refractivity contribution in [2.24, 2.45) is 5.92 Å². The summed E-state index contributed by atoms with van der Waals surface area (Å²) < 4.78 is 5.75. The Morgan fingerprint density at radius 3 is 2.92 bits per heavy atom. The van der Waals surface area contributed by atoms with Gasteiger partial charge in [0, 0.05) is 11.6 Å². The molecule has 5 heteroatoms. The van der Waals surface area contributed by atoms with Crippen LogP contribution in [0.15, 0.2) is 18.2 Å². The molecule has 0 radical (unpaired) electrons. The number of rotatable bonds is 3. The number of urea groups is 1. The molecule has 0 bridgehead atoms. The van der Waals surface area contributed by atoms with E-state index in [1.54, 1.807) is 0 Å². The lowest BCUT2D eigenvalue weighted by molar-refractivity contribution is 0.176. The molecule has 24 heavy (non-hydrogen) atoms. The lowest BCUT2D eigenvalue weighted by Crippen LogP contribution is -2.47. The summed E-state index contributed by atoms with van der Waals surface area (Å²) in [7, 11) is 0. The molecule has 1 atom stereocenters. The number of aliphatic hydroxyl groups excluding tert-OH is 1. The maximum absolute atomic E-state index is 12.7. The highest BCUT2D eigenvalue weighted by Gasteiger charge is 2.25. The van der Waals surface area contributed by atoms with Crippen LogP contribution in [0.4, 0.5) is 4.79 Å². The second-order valence-corrected chi connectivity index (χ2v) is 7.01. The summed E-state index contributed by atoms with van der Waals surface area (Å²) in [5.74, 6) is 1.40. The smallest absolute Gasteiger partial charge is 0.318 e. The van der Waals surface area contributed by atoms with Gasteiger partial charge in [-0.1, -0.05) is 25.3 Å². The van der Waals surface area contributed by atoms with Crippen LogP contribution in [0.1, 0.15) is 50.2 Å². The summed E-state index contributed by atoms with van der Waals surface area (Å²) >= 11 is 0. The maximum atomic E-state index is 12.7. The zero-order chi connectivity index (χ0) is 16.9. The molecular weight excluding hydrogens is 304 g/mol. The quantitative estimate of drug-likeness (QED) is 0.894. The number of ether oxygens (including phenoxy) is 1. The molecule has 1 aliphatic heterocycles. The fourth-order valence-electron chi connectivity index (χ4n) is 3.76. The molecule has 1 aliphatic carbocycles. The second-order valence-electron chi connectivity index (χ2n) is 7.01. The van der Waals surface area contributed by atoms with Crippen LogP contribution in [-0.4, -0.2) is 35.2 Å². The summed E-state index contributed by atoms with van der Waals surface area (Å²) in [5, 5.41) is 12.5. The number of carbonyl (C=O) groups excluding carboxylic acids is 1. The molecule has 0 spiro atoms. The molecular formula is C19H28N2O3. The first kappa shape index (κ1) is 17.1. The molecule has 2 aliphatic rings. The van der Waals surface area contributed by atoms with Crippen molar-refractivity contribution in [1.82, 2.24) is 10.2 Å². The van der Waals surface area contributed by atoms with E-state index < -0.39 is 0 Å². The standard InChI is InChI=1S/C19H28N2O3/c1-14(16-5-3-2-4-6-16)20-19(23)21-9-10-24-18-8-7-15(13-22)11-17(18)12-21/h7-8,11,14,16,22H,2-6,9-10,12-13H2,1H3,(H,20,23)/t14-/m1/s1. The highest BCUT2D eigenvalue weighted by molar-refractivity contribution is 5.74. The van der Waals surface area contributed by atoms with Crippen molar-refractivity contribution in [3.63, 3.8) is 0 Å². The lowest BCUT2D eigenvalue weighted by atomic mass is 9.84. The first-order valence-corrected chi connectivity index (χ1v) is 9.08. The molecule has 132 valence electrons. The Morgan fingerprint density at radius 2 is 2.17 bits per heavy atom. The summed E-state index contributed by atoms with van der Waals surface area (Å²) in [6.45, 7) is 3.72. The predicted molar refractivity (Wildman–Crippen MR) is 92.8 cm³/mol. The van der Waals surface area contributed by atoms with Crippen LogP contribution in [0.3, 0.4) is 0 Å². The van der Waals surface area contributed by atoms with E-state index in [4.69, 9.17) is 4.74 Å². The van der Waals surface area contributed by atoms with E-state index in [1.807, 2.05) is 23.1 Å². The Morgan fingerprint density at radius 1 is 1.38 bits per heavy atom. The van der Waals surface area contributed by atoms with Crippen molar-refractivity contribution in [1.29, 1.82) is 0 Å². The average Bonchev–Trinajstić information content (AvgIpc) is 2.84. The Labute approximate surface area is 144 Å². The zero-order valence-electron chi connectivity index (χ0n) is 14.5. The van der Waals surface area contributed by atoms with E-state index in [0.717, 1.165) is 16.9 Å². The van der Waals surface area contributed by atoms with Gasteiger partial charge in [0.1, 0.15) is 12.4 Å². The highest BCUT2D eigenvalue weighted by atomic mass is 16.5. The summed E-state index contributed by atoms with van der Waals surface area (Å²) in [4.78, 5) is 14.5. The number of fused-ring (bicyclic) bond motifs is 1. The molecule has 0 aromatic heterocycles. The van der Waals surface area contributed by atoms with Crippen LogP contribution in [0.25, 0.3) is 0 Å². The monoisotopic (exact) mass is 332 g/mol. The first-order chi connectivity index (χ1) is 11.7. The number of amides is 2. The largest absolute Gasteiger partial charge is 0.491 e. The number of nitrogens with zero attached hydrogens (tertiary/aromatic N) is 1. The van der Waals surface area contributed by atoms with Crippen molar-refractivity contribution in [3.8, 4) is 5.75 Å². The minimum absolute atomic E-state index is 0.00180. The van der Waals surface area contributed by atoms with Crippen LogP contribution in [0, 0.1) is 5.92 Å². The van der Waals surface area contributed by atoms with Gasteiger partial charge >= 0.3 is 6.03 Å². The van der Waals surface area contributed by atoms with Gasteiger partial charge in [-0.05, 0) is 43.4 Å². The normalized spacial score (nSPS) is 19.8. The number of carbonyl (C=O) groups is 1. The van der Waals surface area contributed by atoms with Gasteiger partial charge in [-0.25, -0.2) is 4.79 Å². The van der Waals surface area contributed by atoms with Gasteiger partial charge in [-0.15, -0.1) is 0 Å². The van der Waals surface area contributed by atoms with E-state index in [1.165, 1.54) is 32.1 Å². The molecule has 3 rings (SSSR count). The lowest BCUT2D eigenvalue weighted by Gasteiger charge is -2.30. The Hall–Kier alpha value is -1.75.